The molecule has 0 radical (unpaired) electrons. The standard InChI is InChI=1S/C41H58O/c1-30(18-14-20-32(3)22-24-38-35(6)26-34(5)28-40(38,8)9)16-12-13-17-31(2)19-15-21-33(4)23-25-39-36(7)27-37(42)29-41(39,10)11/h12-25,34,37,42H,26-29H2,1-11H3/t34-,37-/m1/s1. The van der Waals surface area contributed by atoms with Gasteiger partial charge >= 0.3 is 0 Å². The van der Waals surface area contributed by atoms with E-state index in [-0.39, 0.29) is 16.9 Å². The molecule has 2 aliphatic carbocycles. The van der Waals surface area contributed by atoms with Gasteiger partial charge in [0, 0.05) is 0 Å². The minimum atomic E-state index is -0.221. The molecule has 0 saturated heterocycles. The van der Waals surface area contributed by atoms with Gasteiger partial charge in [0.05, 0.1) is 6.10 Å². The molecule has 0 heterocycles. The zero-order chi connectivity index (χ0) is 31.5. The van der Waals surface area contributed by atoms with Crippen molar-refractivity contribution in [3.63, 3.8) is 0 Å². The van der Waals surface area contributed by atoms with Gasteiger partial charge in [0.1, 0.15) is 0 Å². The Labute approximate surface area is 259 Å². The first-order valence-corrected chi connectivity index (χ1v) is 15.8. The quantitative estimate of drug-likeness (QED) is 0.261. The van der Waals surface area contributed by atoms with Crippen LogP contribution in [0, 0.1) is 16.7 Å². The highest BCUT2D eigenvalue weighted by Gasteiger charge is 2.31. The fraction of sp³-hybridized carbons (Fsp3) is 0.463. The highest BCUT2D eigenvalue weighted by molar-refractivity contribution is 5.39. The molecule has 0 bridgehead atoms. The van der Waals surface area contributed by atoms with E-state index in [2.05, 4.69) is 161 Å². The monoisotopic (exact) mass is 566 g/mol. The summed E-state index contributed by atoms with van der Waals surface area (Å²) in [7, 11) is 0. The first-order chi connectivity index (χ1) is 19.6. The highest BCUT2D eigenvalue weighted by atomic mass is 16.3. The first kappa shape index (κ1) is 35.3. The number of hydrogen-bond acceptors (Lipinski definition) is 1. The second kappa shape index (κ2) is 16.1. The van der Waals surface area contributed by atoms with Crippen LogP contribution in [0.3, 0.4) is 0 Å². The van der Waals surface area contributed by atoms with Gasteiger partial charge < -0.3 is 5.11 Å². The third kappa shape index (κ3) is 11.8. The number of hydrogen-bond donors (Lipinski definition) is 1. The number of allylic oxidation sites excluding steroid dienone is 21. The van der Waals surface area contributed by atoms with Gasteiger partial charge in [-0.05, 0) is 95.1 Å². The zero-order valence-electron chi connectivity index (χ0n) is 28.5. The van der Waals surface area contributed by atoms with Crippen LogP contribution in [-0.4, -0.2) is 11.2 Å². The van der Waals surface area contributed by atoms with Crippen LogP contribution in [0.5, 0.6) is 0 Å². The van der Waals surface area contributed by atoms with Crippen molar-refractivity contribution in [2.24, 2.45) is 16.7 Å². The molecule has 1 N–H and O–H groups in total. The van der Waals surface area contributed by atoms with E-state index in [1.165, 1.54) is 57.4 Å². The molecule has 0 aromatic carbocycles. The fourth-order valence-corrected chi connectivity index (χ4v) is 6.58. The normalized spacial score (nSPS) is 25.0. The predicted molar refractivity (Wildman–Crippen MR) is 187 cm³/mol. The van der Waals surface area contributed by atoms with Crippen molar-refractivity contribution in [2.75, 3.05) is 0 Å². The summed E-state index contributed by atoms with van der Waals surface area (Å²) in [6.07, 6.45) is 34.2. The minimum absolute atomic E-state index is 0.0119. The largest absolute Gasteiger partial charge is 0.393 e. The molecule has 0 fully saturated rings. The van der Waals surface area contributed by atoms with Crippen molar-refractivity contribution in [3.05, 3.63) is 130 Å². The number of aliphatic hydroxyl groups is 1. The summed E-state index contributed by atoms with van der Waals surface area (Å²) in [5.74, 6) is 0.773. The Bertz CT molecular complexity index is 1180. The van der Waals surface area contributed by atoms with E-state index in [9.17, 15) is 5.11 Å². The highest BCUT2D eigenvalue weighted by Crippen LogP contribution is 2.43. The van der Waals surface area contributed by atoms with E-state index in [1.807, 2.05) is 0 Å². The molecule has 2 aliphatic rings. The molecular weight excluding hydrogens is 508 g/mol. The van der Waals surface area contributed by atoms with Gasteiger partial charge in [-0.15, -0.1) is 0 Å². The molecule has 0 aromatic rings. The Kier molecular flexibility index (Phi) is 13.5. The van der Waals surface area contributed by atoms with Crippen LogP contribution in [0.1, 0.15) is 102 Å². The zero-order valence-corrected chi connectivity index (χ0v) is 28.5. The molecule has 0 spiro atoms. The molecule has 0 aromatic heterocycles. The molecule has 1 nitrogen and oxygen atoms in total. The summed E-state index contributed by atoms with van der Waals surface area (Å²) in [5, 5.41) is 10.1. The Morgan fingerprint density at radius 3 is 1.40 bits per heavy atom. The molecule has 0 unspecified atom stereocenters. The van der Waals surface area contributed by atoms with Crippen molar-refractivity contribution in [1.29, 1.82) is 0 Å². The maximum Gasteiger partial charge on any atom is 0.0585 e. The Hall–Kier alpha value is -2.90. The Balaban J connectivity index is 1.90. The van der Waals surface area contributed by atoms with E-state index >= 15 is 0 Å². The molecule has 42 heavy (non-hydrogen) atoms. The van der Waals surface area contributed by atoms with Crippen LogP contribution >= 0.6 is 0 Å². The van der Waals surface area contributed by atoms with E-state index in [0.29, 0.717) is 0 Å². The van der Waals surface area contributed by atoms with Crippen LogP contribution < -0.4 is 0 Å². The first-order valence-electron chi connectivity index (χ1n) is 15.8. The summed E-state index contributed by atoms with van der Waals surface area (Å²) < 4.78 is 0. The van der Waals surface area contributed by atoms with Gasteiger partial charge in [0.15, 0.2) is 0 Å². The summed E-state index contributed by atoms with van der Waals surface area (Å²) in [5.41, 5.74) is 10.9. The second-order valence-corrected chi connectivity index (χ2v) is 14.1. The minimum Gasteiger partial charge on any atom is -0.393 e. The summed E-state index contributed by atoms with van der Waals surface area (Å²) in [6.45, 7) is 24.6. The second-order valence-electron chi connectivity index (χ2n) is 14.1. The van der Waals surface area contributed by atoms with Crippen molar-refractivity contribution >= 4 is 0 Å². The Morgan fingerprint density at radius 2 is 0.976 bits per heavy atom. The van der Waals surface area contributed by atoms with Crippen molar-refractivity contribution < 1.29 is 5.11 Å². The van der Waals surface area contributed by atoms with E-state index in [4.69, 9.17) is 0 Å². The average molecular weight is 567 g/mol. The average Bonchev–Trinajstić information content (AvgIpc) is 2.84. The third-order valence-corrected chi connectivity index (χ3v) is 8.47. The molecule has 228 valence electrons. The van der Waals surface area contributed by atoms with Crippen LogP contribution in [-0.2, 0) is 0 Å². The van der Waals surface area contributed by atoms with Crippen LogP contribution in [0.4, 0.5) is 0 Å². The molecule has 0 amide bonds. The predicted octanol–water partition coefficient (Wildman–Crippen LogP) is 11.8. The van der Waals surface area contributed by atoms with Gasteiger partial charge in [-0.3, -0.25) is 0 Å². The van der Waals surface area contributed by atoms with Crippen LogP contribution in [0.25, 0.3) is 0 Å². The van der Waals surface area contributed by atoms with E-state index in [0.717, 1.165) is 18.8 Å². The van der Waals surface area contributed by atoms with Crippen LogP contribution in [0.15, 0.2) is 130 Å². The molecule has 1 heteroatoms. The van der Waals surface area contributed by atoms with Crippen molar-refractivity contribution in [1.82, 2.24) is 0 Å². The maximum atomic E-state index is 10.1. The topological polar surface area (TPSA) is 20.2 Å². The maximum absolute atomic E-state index is 10.1. The molecule has 2 atom stereocenters. The van der Waals surface area contributed by atoms with Gasteiger partial charge in [0.2, 0.25) is 0 Å². The Morgan fingerprint density at radius 1 is 0.595 bits per heavy atom. The lowest BCUT2D eigenvalue weighted by Gasteiger charge is -2.36. The van der Waals surface area contributed by atoms with Crippen molar-refractivity contribution in [2.45, 2.75) is 108 Å². The number of rotatable bonds is 10. The lowest BCUT2D eigenvalue weighted by Crippen LogP contribution is -2.28. The van der Waals surface area contributed by atoms with Gasteiger partial charge in [-0.2, -0.15) is 0 Å². The third-order valence-electron chi connectivity index (χ3n) is 8.47. The van der Waals surface area contributed by atoms with Gasteiger partial charge in [-0.1, -0.05) is 153 Å². The molecule has 0 aliphatic heterocycles. The van der Waals surface area contributed by atoms with Crippen LogP contribution in [0.2, 0.25) is 0 Å². The van der Waals surface area contributed by atoms with E-state index in [1.54, 1.807) is 0 Å². The summed E-state index contributed by atoms with van der Waals surface area (Å²) in [6, 6.07) is 0. The van der Waals surface area contributed by atoms with Crippen molar-refractivity contribution in [3.8, 4) is 0 Å². The summed E-state index contributed by atoms with van der Waals surface area (Å²) >= 11 is 0. The molecule has 2 rings (SSSR count). The number of aliphatic hydroxyl groups excluding tert-OH is 1. The SMILES string of the molecule is CC(C=CC=C(C)C=CC1=C(C)C[C@@H](C)CC1(C)C)=CC=CC=C(C)C=CC=C(C)C=CC1=C(C)C[C@@H](O)CC1(C)C. The lowest BCUT2D eigenvalue weighted by atomic mass is 9.69. The molecule has 0 saturated carbocycles. The smallest absolute Gasteiger partial charge is 0.0585 e. The lowest BCUT2D eigenvalue weighted by molar-refractivity contribution is 0.116. The van der Waals surface area contributed by atoms with Gasteiger partial charge in [-0.25, -0.2) is 0 Å². The molecular formula is C41H58O. The van der Waals surface area contributed by atoms with Gasteiger partial charge in [0.25, 0.3) is 0 Å². The van der Waals surface area contributed by atoms with E-state index < -0.39 is 0 Å². The fourth-order valence-electron chi connectivity index (χ4n) is 6.58. The summed E-state index contributed by atoms with van der Waals surface area (Å²) in [4.78, 5) is 0.